The largest absolute Gasteiger partial charge is 0.418 e. The quantitative estimate of drug-likeness (QED) is 0.722. The number of rotatable bonds is 2. The first kappa shape index (κ1) is 14.4. The molecule has 1 aromatic heterocycles. The lowest BCUT2D eigenvalue weighted by Gasteiger charge is -2.08. The molecular weight excluding hydrogens is 300 g/mol. The van der Waals surface area contributed by atoms with E-state index < -0.39 is 23.2 Å². The Kier molecular flexibility index (Phi) is 3.27. The minimum atomic E-state index is -4.55. The fraction of sp³-hybridized carbons (Fsp3) is 0.133. The first-order valence-electron chi connectivity index (χ1n) is 6.39. The maximum Gasteiger partial charge on any atom is 0.418 e. The lowest BCUT2D eigenvalue weighted by Crippen LogP contribution is -2.17. The summed E-state index contributed by atoms with van der Waals surface area (Å²) in [6, 6.07) is 9.03. The van der Waals surface area contributed by atoms with Crippen LogP contribution in [0.5, 0.6) is 0 Å². The number of H-pyrrole nitrogens is 1. The highest BCUT2D eigenvalue weighted by Gasteiger charge is 2.33. The van der Waals surface area contributed by atoms with Crippen LogP contribution in [0.2, 0.25) is 0 Å². The van der Waals surface area contributed by atoms with E-state index in [9.17, 15) is 22.4 Å². The zero-order valence-corrected chi connectivity index (χ0v) is 11.1. The molecule has 0 bridgehead atoms. The van der Waals surface area contributed by atoms with Gasteiger partial charge in [-0.3, -0.25) is 4.57 Å². The van der Waals surface area contributed by atoms with Gasteiger partial charge in [-0.1, -0.05) is 18.2 Å². The van der Waals surface area contributed by atoms with Crippen molar-refractivity contribution >= 4 is 11.0 Å². The van der Waals surface area contributed by atoms with E-state index >= 15 is 0 Å². The number of nitrogens with zero attached hydrogens (tertiary/aromatic N) is 1. The molecule has 0 aliphatic heterocycles. The van der Waals surface area contributed by atoms with Gasteiger partial charge in [-0.15, -0.1) is 0 Å². The molecule has 0 saturated carbocycles. The summed E-state index contributed by atoms with van der Waals surface area (Å²) in [5, 5.41) is 0. The van der Waals surface area contributed by atoms with E-state index in [0.717, 1.165) is 6.07 Å². The van der Waals surface area contributed by atoms with E-state index in [2.05, 4.69) is 4.98 Å². The molecule has 3 rings (SSSR count). The van der Waals surface area contributed by atoms with Gasteiger partial charge in [0.05, 0.1) is 23.1 Å². The van der Waals surface area contributed by atoms with Gasteiger partial charge < -0.3 is 4.98 Å². The number of aromatic nitrogens is 2. The number of aromatic amines is 1. The van der Waals surface area contributed by atoms with E-state index in [-0.39, 0.29) is 17.6 Å². The zero-order chi connectivity index (χ0) is 15.9. The van der Waals surface area contributed by atoms with Crippen LogP contribution in [0.1, 0.15) is 11.1 Å². The highest BCUT2D eigenvalue weighted by atomic mass is 19.4. The molecule has 1 N–H and O–H groups in total. The summed E-state index contributed by atoms with van der Waals surface area (Å²) in [6.07, 6.45) is -4.55. The molecule has 0 amide bonds. The second-order valence-corrected chi connectivity index (χ2v) is 4.84. The van der Waals surface area contributed by atoms with Crippen LogP contribution in [0, 0.1) is 5.82 Å². The lowest BCUT2D eigenvalue weighted by atomic mass is 10.1. The van der Waals surface area contributed by atoms with Crippen LogP contribution in [0.4, 0.5) is 17.6 Å². The topological polar surface area (TPSA) is 37.8 Å². The van der Waals surface area contributed by atoms with Gasteiger partial charge in [-0.25, -0.2) is 9.18 Å². The first-order valence-corrected chi connectivity index (χ1v) is 6.39. The van der Waals surface area contributed by atoms with Gasteiger partial charge >= 0.3 is 11.9 Å². The summed E-state index contributed by atoms with van der Waals surface area (Å²) in [5.74, 6) is -0.422. The first-order chi connectivity index (χ1) is 10.4. The summed E-state index contributed by atoms with van der Waals surface area (Å²) < 4.78 is 52.9. The Balaban J connectivity index is 2.13. The molecule has 0 radical (unpaired) electrons. The van der Waals surface area contributed by atoms with Crippen LogP contribution in [-0.2, 0) is 12.7 Å². The van der Waals surface area contributed by atoms with Crippen molar-refractivity contribution in [2.24, 2.45) is 0 Å². The number of hydrogen-bond acceptors (Lipinski definition) is 1. The summed E-state index contributed by atoms with van der Waals surface area (Å²) in [4.78, 5) is 14.2. The van der Waals surface area contributed by atoms with Crippen molar-refractivity contribution in [3.8, 4) is 0 Å². The third-order valence-electron chi connectivity index (χ3n) is 3.37. The predicted molar refractivity (Wildman–Crippen MR) is 73.1 cm³/mol. The van der Waals surface area contributed by atoms with Crippen molar-refractivity contribution in [1.82, 2.24) is 9.55 Å². The Morgan fingerprint density at radius 3 is 2.36 bits per heavy atom. The number of imidazole rings is 1. The minimum Gasteiger partial charge on any atom is -0.305 e. The average molecular weight is 310 g/mol. The minimum absolute atomic E-state index is 0.0560. The number of fused-ring (bicyclic) bond motifs is 1. The molecule has 0 spiro atoms. The van der Waals surface area contributed by atoms with Gasteiger partial charge in [-0.05, 0) is 29.8 Å². The van der Waals surface area contributed by atoms with Crippen LogP contribution < -0.4 is 5.69 Å². The van der Waals surface area contributed by atoms with Gasteiger partial charge in [0.15, 0.2) is 0 Å². The van der Waals surface area contributed by atoms with E-state index in [1.54, 1.807) is 0 Å². The molecule has 0 unspecified atom stereocenters. The van der Waals surface area contributed by atoms with Crippen LogP contribution in [-0.4, -0.2) is 9.55 Å². The number of halogens is 4. The molecule has 0 saturated heterocycles. The summed E-state index contributed by atoms with van der Waals surface area (Å²) in [7, 11) is 0. The maximum absolute atomic E-state index is 13.0. The highest BCUT2D eigenvalue weighted by molar-refractivity contribution is 5.79. The van der Waals surface area contributed by atoms with Gasteiger partial charge in [0.2, 0.25) is 0 Å². The molecule has 3 nitrogen and oxygen atoms in total. The summed E-state index contributed by atoms with van der Waals surface area (Å²) in [5.41, 5.74) is -1.01. The Hall–Kier alpha value is -2.57. The normalized spacial score (nSPS) is 12.0. The molecular formula is C15H10F4N2O. The van der Waals surface area contributed by atoms with Crippen LogP contribution in [0.25, 0.3) is 11.0 Å². The molecule has 3 aromatic rings. The van der Waals surface area contributed by atoms with Crippen LogP contribution in [0.3, 0.4) is 0 Å². The number of benzene rings is 2. The standard InChI is InChI=1S/C15H10F4N2O/c16-10-6-4-9(5-7-10)8-21-12-3-1-2-11(15(17,18)19)13(12)20-14(21)22/h1-7H,8H2,(H,20,22). The summed E-state index contributed by atoms with van der Waals surface area (Å²) in [6.45, 7) is 0.0560. The molecule has 0 fully saturated rings. The van der Waals surface area contributed by atoms with E-state index in [4.69, 9.17) is 0 Å². The Morgan fingerprint density at radius 1 is 1.05 bits per heavy atom. The van der Waals surface area contributed by atoms with Crippen LogP contribution >= 0.6 is 0 Å². The summed E-state index contributed by atoms with van der Waals surface area (Å²) >= 11 is 0. The van der Waals surface area contributed by atoms with Gasteiger partial charge in [0.25, 0.3) is 0 Å². The molecule has 22 heavy (non-hydrogen) atoms. The molecule has 7 heteroatoms. The van der Waals surface area contributed by atoms with Crippen molar-refractivity contribution < 1.29 is 17.6 Å². The number of nitrogens with one attached hydrogen (secondary N) is 1. The molecule has 0 aliphatic rings. The second-order valence-electron chi connectivity index (χ2n) is 4.84. The number of hydrogen-bond donors (Lipinski definition) is 1. The number of alkyl halides is 3. The Bertz CT molecular complexity index is 875. The number of para-hydroxylation sites is 1. The van der Waals surface area contributed by atoms with Crippen molar-refractivity contribution in [1.29, 1.82) is 0 Å². The van der Waals surface area contributed by atoms with Crippen LogP contribution in [0.15, 0.2) is 47.3 Å². The van der Waals surface area contributed by atoms with Gasteiger partial charge in [0.1, 0.15) is 5.82 Å². The molecule has 1 heterocycles. The Labute approximate surface area is 121 Å². The molecule has 2 aromatic carbocycles. The van der Waals surface area contributed by atoms with Crippen molar-refractivity contribution in [3.05, 3.63) is 69.9 Å². The van der Waals surface area contributed by atoms with E-state index in [1.165, 1.54) is 41.0 Å². The predicted octanol–water partition coefficient (Wildman–Crippen LogP) is 3.54. The van der Waals surface area contributed by atoms with Gasteiger partial charge in [0, 0.05) is 0 Å². The smallest absolute Gasteiger partial charge is 0.305 e. The zero-order valence-electron chi connectivity index (χ0n) is 11.1. The third kappa shape index (κ3) is 2.49. The molecule has 0 atom stereocenters. The third-order valence-corrected chi connectivity index (χ3v) is 3.37. The SMILES string of the molecule is O=c1[nH]c2c(C(F)(F)F)cccc2n1Cc1ccc(F)cc1. The van der Waals surface area contributed by atoms with Crippen molar-refractivity contribution in [2.45, 2.75) is 12.7 Å². The lowest BCUT2D eigenvalue weighted by molar-refractivity contribution is -0.136. The highest BCUT2D eigenvalue weighted by Crippen LogP contribution is 2.33. The van der Waals surface area contributed by atoms with Crippen molar-refractivity contribution in [3.63, 3.8) is 0 Å². The monoisotopic (exact) mass is 310 g/mol. The molecule has 114 valence electrons. The second kappa shape index (κ2) is 5.01. The van der Waals surface area contributed by atoms with E-state index in [1.807, 2.05) is 0 Å². The Morgan fingerprint density at radius 2 is 1.73 bits per heavy atom. The maximum atomic E-state index is 13.0. The van der Waals surface area contributed by atoms with Gasteiger partial charge in [-0.2, -0.15) is 13.2 Å². The van der Waals surface area contributed by atoms with Crippen molar-refractivity contribution in [2.75, 3.05) is 0 Å². The fourth-order valence-electron chi connectivity index (χ4n) is 2.35. The fourth-order valence-corrected chi connectivity index (χ4v) is 2.35. The van der Waals surface area contributed by atoms with E-state index in [0.29, 0.717) is 5.56 Å². The average Bonchev–Trinajstić information content (AvgIpc) is 2.76. The molecule has 0 aliphatic carbocycles.